The molecule has 2 heterocycles. The molecule has 2 aromatic carbocycles. The van der Waals surface area contributed by atoms with Crippen LogP contribution >= 0.6 is 12.2 Å². The van der Waals surface area contributed by atoms with Gasteiger partial charge in [0, 0.05) is 12.1 Å². The second-order valence-electron chi connectivity index (χ2n) is 7.39. The fourth-order valence-electron chi connectivity index (χ4n) is 3.76. The van der Waals surface area contributed by atoms with E-state index in [9.17, 15) is 27.6 Å². The van der Waals surface area contributed by atoms with Gasteiger partial charge in [-0.2, -0.15) is 13.2 Å². The van der Waals surface area contributed by atoms with Gasteiger partial charge in [0.1, 0.15) is 11.4 Å². The highest BCUT2D eigenvalue weighted by Gasteiger charge is 2.68. The summed E-state index contributed by atoms with van der Waals surface area (Å²) in [5.74, 6) is -3.14. The molecule has 0 saturated carbocycles. The number of benzene rings is 2. The van der Waals surface area contributed by atoms with E-state index in [0.29, 0.717) is 6.42 Å². The number of rotatable bonds is 5. The Hall–Kier alpha value is -3.73. The lowest BCUT2D eigenvalue weighted by Crippen LogP contribution is -2.61. The van der Waals surface area contributed by atoms with Crippen molar-refractivity contribution in [3.8, 4) is 0 Å². The molecule has 11 heteroatoms. The van der Waals surface area contributed by atoms with E-state index in [4.69, 9.17) is 12.2 Å². The number of amides is 2. The molecule has 1 aromatic heterocycles. The van der Waals surface area contributed by atoms with Crippen LogP contribution in [0.25, 0.3) is 0 Å². The molecular formula is C22H17F3N4O3S. The summed E-state index contributed by atoms with van der Waals surface area (Å²) in [7, 11) is 0. The first-order valence-electron chi connectivity index (χ1n) is 9.82. The fourth-order valence-corrected chi connectivity index (χ4v) is 4.03. The molecule has 0 spiro atoms. The van der Waals surface area contributed by atoms with Crippen LogP contribution in [0.1, 0.15) is 21.5 Å². The summed E-state index contributed by atoms with van der Waals surface area (Å²) in [4.78, 5) is 40.4. The molecule has 33 heavy (non-hydrogen) atoms. The van der Waals surface area contributed by atoms with Crippen molar-refractivity contribution in [2.75, 3.05) is 5.32 Å². The van der Waals surface area contributed by atoms with Crippen molar-refractivity contribution in [3.63, 3.8) is 0 Å². The van der Waals surface area contributed by atoms with E-state index in [-0.39, 0.29) is 16.9 Å². The number of alkyl halides is 3. The Labute approximate surface area is 190 Å². The highest BCUT2D eigenvalue weighted by Crippen LogP contribution is 2.45. The number of anilines is 1. The van der Waals surface area contributed by atoms with Crippen LogP contribution in [0.2, 0.25) is 0 Å². The summed E-state index contributed by atoms with van der Waals surface area (Å²) in [5, 5.41) is 3.91. The van der Waals surface area contributed by atoms with Gasteiger partial charge in [-0.3, -0.25) is 19.4 Å². The number of aromatic nitrogens is 2. The normalized spacial score (nSPS) is 17.4. The average Bonchev–Trinajstić information content (AvgIpc) is 3.08. The second kappa shape index (κ2) is 8.32. The molecule has 0 radical (unpaired) electrons. The van der Waals surface area contributed by atoms with E-state index < -0.39 is 40.5 Å². The van der Waals surface area contributed by atoms with Crippen LogP contribution in [-0.2, 0) is 23.3 Å². The first-order valence-corrected chi connectivity index (χ1v) is 10.2. The summed E-state index contributed by atoms with van der Waals surface area (Å²) < 4.78 is 44.3. The first-order chi connectivity index (χ1) is 15.6. The Morgan fingerprint density at radius 3 is 2.24 bits per heavy atom. The number of aromatic amines is 1. The molecule has 170 valence electrons. The largest absolute Gasteiger partial charge is 0.425 e. The van der Waals surface area contributed by atoms with Crippen molar-refractivity contribution in [2.45, 2.75) is 24.7 Å². The summed E-state index contributed by atoms with van der Waals surface area (Å²) in [5.41, 5.74) is -4.97. The van der Waals surface area contributed by atoms with E-state index in [1.165, 1.54) is 28.8 Å². The smallest absolute Gasteiger partial charge is 0.326 e. The number of halogens is 3. The molecule has 1 aliphatic heterocycles. The third kappa shape index (κ3) is 3.84. The molecule has 0 fully saturated rings. The Morgan fingerprint density at radius 2 is 1.64 bits per heavy atom. The van der Waals surface area contributed by atoms with Gasteiger partial charge < -0.3 is 15.2 Å². The van der Waals surface area contributed by atoms with Crippen LogP contribution in [-0.4, -0.2) is 27.5 Å². The molecular weight excluding hydrogens is 457 g/mol. The van der Waals surface area contributed by atoms with Gasteiger partial charge in [-0.05, 0) is 36.3 Å². The van der Waals surface area contributed by atoms with Gasteiger partial charge in [0.15, 0.2) is 4.77 Å². The summed E-state index contributed by atoms with van der Waals surface area (Å²) in [6.07, 6.45) is -4.95. The van der Waals surface area contributed by atoms with E-state index in [1.807, 2.05) is 30.3 Å². The third-order valence-corrected chi connectivity index (χ3v) is 5.70. The predicted molar refractivity (Wildman–Crippen MR) is 116 cm³/mol. The molecule has 3 N–H and O–H groups in total. The Bertz CT molecular complexity index is 1340. The molecule has 0 aliphatic carbocycles. The van der Waals surface area contributed by atoms with Crippen LogP contribution in [0.4, 0.5) is 19.0 Å². The zero-order valence-corrected chi connectivity index (χ0v) is 17.7. The number of carbonyl (C=O) groups is 2. The molecule has 0 bridgehead atoms. The quantitative estimate of drug-likeness (QED) is 0.495. The number of carbonyl (C=O) groups excluding carboxylic acids is 2. The summed E-state index contributed by atoms with van der Waals surface area (Å²) in [6, 6.07) is 16.2. The Kier molecular flexibility index (Phi) is 5.66. The van der Waals surface area contributed by atoms with Crippen molar-refractivity contribution < 1.29 is 22.8 Å². The van der Waals surface area contributed by atoms with Gasteiger partial charge in [0.05, 0.1) is 0 Å². The number of hydrogen-bond donors (Lipinski definition) is 3. The van der Waals surface area contributed by atoms with Gasteiger partial charge in [-0.1, -0.05) is 48.5 Å². The predicted octanol–water partition coefficient (Wildman–Crippen LogP) is 3.29. The van der Waals surface area contributed by atoms with Crippen LogP contribution in [0.5, 0.6) is 0 Å². The van der Waals surface area contributed by atoms with E-state index >= 15 is 0 Å². The van der Waals surface area contributed by atoms with Gasteiger partial charge in [-0.15, -0.1) is 0 Å². The lowest BCUT2D eigenvalue weighted by molar-refractivity contribution is -0.196. The number of fused-ring (bicyclic) bond motifs is 1. The molecule has 4 rings (SSSR count). The minimum absolute atomic E-state index is 0.0861. The van der Waals surface area contributed by atoms with E-state index in [1.54, 1.807) is 11.4 Å². The highest BCUT2D eigenvalue weighted by molar-refractivity contribution is 7.71. The number of nitrogens with zero attached hydrogens (tertiary/aromatic N) is 1. The lowest BCUT2D eigenvalue weighted by Gasteiger charge is -2.30. The van der Waals surface area contributed by atoms with Crippen LogP contribution in [0, 0.1) is 4.77 Å². The standard InChI is InChI=1S/C22H17F3N4O3S/c23-22(24,25)21(28-17(30)14-9-5-2-6-10-14)15-16(26-19(21)32)29(20(33)27-18(15)31)12-11-13-7-3-1-4-8-13/h1-10H,11-12H2,(H,26,32)(H,28,30)(H,27,31,33)/t21-/m0/s1. The molecule has 0 unspecified atom stereocenters. The van der Waals surface area contributed by atoms with Crippen molar-refractivity contribution in [3.05, 3.63) is 92.5 Å². The summed E-state index contributed by atoms with van der Waals surface area (Å²) in [6.45, 7) is 0.0861. The van der Waals surface area contributed by atoms with E-state index in [2.05, 4.69) is 10.3 Å². The third-order valence-electron chi connectivity index (χ3n) is 5.38. The van der Waals surface area contributed by atoms with E-state index in [0.717, 1.165) is 5.56 Å². The minimum atomic E-state index is -5.32. The van der Waals surface area contributed by atoms with Gasteiger partial charge in [-0.25, -0.2) is 0 Å². The van der Waals surface area contributed by atoms with Crippen LogP contribution in [0.15, 0.2) is 65.5 Å². The minimum Gasteiger partial charge on any atom is -0.326 e. The number of H-pyrrole nitrogens is 1. The monoisotopic (exact) mass is 474 g/mol. The van der Waals surface area contributed by atoms with Gasteiger partial charge >= 0.3 is 6.18 Å². The molecule has 1 atom stereocenters. The maximum atomic E-state index is 14.4. The topological polar surface area (TPSA) is 96.0 Å². The maximum Gasteiger partial charge on any atom is 0.425 e. The Balaban J connectivity index is 1.84. The molecule has 0 saturated heterocycles. The van der Waals surface area contributed by atoms with Crippen LogP contribution in [0.3, 0.4) is 0 Å². The van der Waals surface area contributed by atoms with Crippen LogP contribution < -0.4 is 16.2 Å². The summed E-state index contributed by atoms with van der Waals surface area (Å²) >= 11 is 5.16. The highest BCUT2D eigenvalue weighted by atomic mass is 32.1. The zero-order valence-electron chi connectivity index (χ0n) is 16.9. The average molecular weight is 474 g/mol. The number of nitrogens with one attached hydrogen (secondary N) is 3. The first kappa shape index (κ1) is 22.5. The fraction of sp³-hybridized carbons (Fsp3) is 0.182. The SMILES string of the molecule is O=C(N[C@]1(C(F)(F)F)C(=O)Nc2c1c(=O)[nH]c(=S)n2CCc1ccccc1)c1ccccc1. The number of hydrogen-bond acceptors (Lipinski definition) is 4. The molecule has 2 amide bonds. The Morgan fingerprint density at radius 1 is 1.03 bits per heavy atom. The van der Waals surface area contributed by atoms with Crippen molar-refractivity contribution in [2.24, 2.45) is 0 Å². The lowest BCUT2D eigenvalue weighted by atomic mass is 9.91. The van der Waals surface area contributed by atoms with Crippen molar-refractivity contribution in [1.29, 1.82) is 0 Å². The molecule has 1 aliphatic rings. The maximum absolute atomic E-state index is 14.4. The molecule has 3 aromatic rings. The van der Waals surface area contributed by atoms with Crippen molar-refractivity contribution >= 4 is 29.9 Å². The van der Waals surface area contributed by atoms with Gasteiger partial charge in [0.2, 0.25) is 0 Å². The molecule has 7 nitrogen and oxygen atoms in total. The second-order valence-corrected chi connectivity index (χ2v) is 7.78. The number of aryl methyl sites for hydroxylation is 1. The zero-order chi connectivity index (χ0) is 23.8. The van der Waals surface area contributed by atoms with Gasteiger partial charge in [0.25, 0.3) is 22.9 Å². The van der Waals surface area contributed by atoms with Crippen molar-refractivity contribution in [1.82, 2.24) is 14.9 Å².